The molecule has 0 aromatic heterocycles. The smallest absolute Gasteiger partial charge is 0.238 e. The Morgan fingerprint density at radius 2 is 2.12 bits per heavy atom. The van der Waals surface area contributed by atoms with E-state index in [9.17, 15) is 12.8 Å². The van der Waals surface area contributed by atoms with E-state index in [1.54, 1.807) is 0 Å². The number of rotatable bonds is 5. The molecule has 0 heterocycles. The molecular weight excluding hydrogens is 235 g/mol. The first-order valence-corrected chi connectivity index (χ1v) is 6.17. The number of nitrogens with one attached hydrogen (secondary N) is 1. The van der Waals surface area contributed by atoms with Crippen molar-refractivity contribution in [2.45, 2.75) is 11.3 Å². The number of hydrogen-bond donors (Lipinski definition) is 3. The molecule has 16 heavy (non-hydrogen) atoms. The molecule has 90 valence electrons. The lowest BCUT2D eigenvalue weighted by atomic mass is 10.3. The van der Waals surface area contributed by atoms with Crippen molar-refractivity contribution in [1.29, 1.82) is 0 Å². The van der Waals surface area contributed by atoms with Crippen LogP contribution in [0.1, 0.15) is 6.42 Å². The number of primary sulfonamides is 1. The van der Waals surface area contributed by atoms with E-state index in [-0.39, 0.29) is 17.2 Å². The van der Waals surface area contributed by atoms with Crippen LogP contribution in [0, 0.1) is 5.82 Å². The fourth-order valence-electron chi connectivity index (χ4n) is 1.12. The average Bonchev–Trinajstić information content (AvgIpc) is 2.19. The predicted molar refractivity (Wildman–Crippen MR) is 58.0 cm³/mol. The van der Waals surface area contributed by atoms with Crippen molar-refractivity contribution in [1.82, 2.24) is 0 Å². The zero-order valence-corrected chi connectivity index (χ0v) is 9.30. The van der Waals surface area contributed by atoms with Crippen LogP contribution >= 0.6 is 0 Å². The van der Waals surface area contributed by atoms with E-state index in [1.807, 2.05) is 0 Å². The van der Waals surface area contributed by atoms with Crippen LogP contribution in [-0.4, -0.2) is 26.7 Å². The van der Waals surface area contributed by atoms with Gasteiger partial charge < -0.3 is 10.4 Å². The van der Waals surface area contributed by atoms with Gasteiger partial charge in [-0.05, 0) is 24.6 Å². The summed E-state index contributed by atoms with van der Waals surface area (Å²) in [5.41, 5.74) is 0.181. The highest BCUT2D eigenvalue weighted by Gasteiger charge is 2.10. The summed E-state index contributed by atoms with van der Waals surface area (Å²) in [6, 6.07) is 3.38. The van der Waals surface area contributed by atoms with E-state index in [0.29, 0.717) is 13.0 Å². The lowest BCUT2D eigenvalue weighted by Crippen LogP contribution is -2.13. The number of sulfonamides is 1. The van der Waals surface area contributed by atoms with Crippen molar-refractivity contribution < 1.29 is 17.9 Å². The van der Waals surface area contributed by atoms with Gasteiger partial charge in [-0.3, -0.25) is 0 Å². The topological polar surface area (TPSA) is 92.4 Å². The van der Waals surface area contributed by atoms with E-state index in [2.05, 4.69) is 5.32 Å². The largest absolute Gasteiger partial charge is 0.396 e. The maximum absolute atomic E-state index is 13.4. The Bertz CT molecular complexity index is 462. The molecule has 0 saturated heterocycles. The van der Waals surface area contributed by atoms with Crippen LogP contribution in [-0.2, 0) is 10.0 Å². The molecule has 0 aliphatic heterocycles. The number of nitrogens with two attached hydrogens (primary N) is 1. The molecule has 0 spiro atoms. The first-order valence-electron chi connectivity index (χ1n) is 4.62. The third kappa shape index (κ3) is 3.44. The van der Waals surface area contributed by atoms with Gasteiger partial charge in [-0.1, -0.05) is 0 Å². The second-order valence-electron chi connectivity index (χ2n) is 3.19. The van der Waals surface area contributed by atoms with Gasteiger partial charge in [0.05, 0.1) is 10.6 Å². The quantitative estimate of drug-likeness (QED) is 0.652. The summed E-state index contributed by atoms with van der Waals surface area (Å²) in [4.78, 5) is -0.266. The molecule has 0 saturated carbocycles. The molecule has 0 aliphatic rings. The molecule has 0 bridgehead atoms. The van der Waals surface area contributed by atoms with Gasteiger partial charge in [0.25, 0.3) is 0 Å². The Balaban J connectivity index is 2.84. The van der Waals surface area contributed by atoms with Crippen molar-refractivity contribution >= 4 is 15.7 Å². The summed E-state index contributed by atoms with van der Waals surface area (Å²) in [5.74, 6) is -0.690. The van der Waals surface area contributed by atoms with Crippen LogP contribution in [0.15, 0.2) is 23.1 Å². The molecule has 0 amide bonds. The third-order valence-corrected chi connectivity index (χ3v) is 2.83. The van der Waals surface area contributed by atoms with Gasteiger partial charge >= 0.3 is 0 Å². The van der Waals surface area contributed by atoms with Gasteiger partial charge in [0.1, 0.15) is 5.82 Å². The summed E-state index contributed by atoms with van der Waals surface area (Å²) in [5, 5.41) is 16.1. The Morgan fingerprint density at radius 3 is 2.62 bits per heavy atom. The molecule has 5 nitrogen and oxygen atoms in total. The number of aliphatic hydroxyl groups excluding tert-OH is 1. The van der Waals surface area contributed by atoms with Gasteiger partial charge in [0.15, 0.2) is 0 Å². The summed E-state index contributed by atoms with van der Waals surface area (Å²) in [6.45, 7) is 0.409. The van der Waals surface area contributed by atoms with Gasteiger partial charge in [-0.15, -0.1) is 0 Å². The number of aliphatic hydroxyl groups is 1. The van der Waals surface area contributed by atoms with E-state index in [0.717, 1.165) is 6.07 Å². The van der Waals surface area contributed by atoms with Crippen molar-refractivity contribution in [3.63, 3.8) is 0 Å². The molecule has 0 atom stereocenters. The van der Waals surface area contributed by atoms with Crippen LogP contribution in [0.2, 0.25) is 0 Å². The van der Waals surface area contributed by atoms with Gasteiger partial charge in [0.2, 0.25) is 10.0 Å². The minimum absolute atomic E-state index is 0.00385. The maximum Gasteiger partial charge on any atom is 0.238 e. The van der Waals surface area contributed by atoms with Crippen molar-refractivity contribution in [3.8, 4) is 0 Å². The molecule has 1 rings (SSSR count). The molecule has 0 unspecified atom stereocenters. The minimum Gasteiger partial charge on any atom is -0.396 e. The van der Waals surface area contributed by atoms with Crippen molar-refractivity contribution in [3.05, 3.63) is 24.0 Å². The summed E-state index contributed by atoms with van der Waals surface area (Å²) >= 11 is 0. The Hall–Kier alpha value is -1.18. The number of benzene rings is 1. The summed E-state index contributed by atoms with van der Waals surface area (Å²) in [7, 11) is -3.88. The maximum atomic E-state index is 13.4. The standard InChI is InChI=1S/C9H13FN2O3S/c10-8-6-7(16(11,14)15)2-3-9(8)12-4-1-5-13/h2-3,6,12-13H,1,4-5H2,(H2,11,14,15). The second-order valence-corrected chi connectivity index (χ2v) is 4.75. The second kappa shape index (κ2) is 5.24. The van der Waals surface area contributed by atoms with Crippen LogP contribution in [0.3, 0.4) is 0 Å². The molecule has 0 fully saturated rings. The lowest BCUT2D eigenvalue weighted by Gasteiger charge is -2.07. The zero-order chi connectivity index (χ0) is 12.2. The van der Waals surface area contributed by atoms with Gasteiger partial charge in [-0.2, -0.15) is 0 Å². The highest BCUT2D eigenvalue weighted by Crippen LogP contribution is 2.17. The Morgan fingerprint density at radius 1 is 1.44 bits per heavy atom. The first-order chi connectivity index (χ1) is 7.45. The van der Waals surface area contributed by atoms with Crippen molar-refractivity contribution in [2.24, 2.45) is 5.14 Å². The molecule has 0 aliphatic carbocycles. The van der Waals surface area contributed by atoms with E-state index in [4.69, 9.17) is 10.2 Å². The van der Waals surface area contributed by atoms with Crippen LogP contribution in [0.25, 0.3) is 0 Å². The number of hydrogen-bond acceptors (Lipinski definition) is 4. The predicted octanol–water partition coefficient (Wildman–Crippen LogP) is 0.267. The Kier molecular flexibility index (Phi) is 4.22. The first kappa shape index (κ1) is 12.9. The highest BCUT2D eigenvalue weighted by molar-refractivity contribution is 7.89. The SMILES string of the molecule is NS(=O)(=O)c1ccc(NCCCO)c(F)c1. The lowest BCUT2D eigenvalue weighted by molar-refractivity contribution is 0.292. The van der Waals surface area contributed by atoms with Gasteiger partial charge in [-0.25, -0.2) is 17.9 Å². The van der Waals surface area contributed by atoms with E-state index < -0.39 is 15.8 Å². The monoisotopic (exact) mass is 248 g/mol. The summed E-state index contributed by atoms with van der Waals surface area (Å²) < 4.78 is 35.2. The van der Waals surface area contributed by atoms with Crippen LogP contribution in [0.5, 0.6) is 0 Å². The number of anilines is 1. The molecule has 1 aromatic rings. The minimum atomic E-state index is -3.88. The van der Waals surface area contributed by atoms with Crippen LogP contribution < -0.4 is 10.5 Å². The van der Waals surface area contributed by atoms with Gasteiger partial charge in [0, 0.05) is 13.2 Å². The fourth-order valence-corrected chi connectivity index (χ4v) is 1.64. The average molecular weight is 248 g/mol. The normalized spacial score (nSPS) is 11.4. The fraction of sp³-hybridized carbons (Fsp3) is 0.333. The summed E-state index contributed by atoms with van der Waals surface area (Å²) in [6.07, 6.45) is 0.483. The third-order valence-electron chi connectivity index (χ3n) is 1.92. The highest BCUT2D eigenvalue weighted by atomic mass is 32.2. The molecule has 4 N–H and O–H groups in total. The van der Waals surface area contributed by atoms with Crippen LogP contribution in [0.4, 0.5) is 10.1 Å². The van der Waals surface area contributed by atoms with E-state index >= 15 is 0 Å². The van der Waals surface area contributed by atoms with Crippen molar-refractivity contribution in [2.75, 3.05) is 18.5 Å². The molecule has 7 heteroatoms. The molecule has 0 radical (unpaired) electrons. The molecule has 1 aromatic carbocycles. The number of halogens is 1. The zero-order valence-electron chi connectivity index (χ0n) is 8.48. The van der Waals surface area contributed by atoms with E-state index in [1.165, 1.54) is 12.1 Å². The molecular formula is C9H13FN2O3S. The Labute approximate surface area is 93.1 Å².